The van der Waals surface area contributed by atoms with E-state index in [0.717, 1.165) is 25.0 Å². The number of carbonyl (C=O) groups excluding carboxylic acids is 1. The normalized spacial score (nSPS) is 28.5. The molecule has 2 aliphatic rings. The van der Waals surface area contributed by atoms with Crippen molar-refractivity contribution in [2.24, 2.45) is 0 Å². The first-order chi connectivity index (χ1) is 8.13. The standard InChI is InChI=1S/C11H15N3O2S/c12-11-13-8-2-1-6(3-9(8)17-11)14-5-7(15)4-10(14)16/h6-7,15H,1-5H2,(H2,12,13)/t6-,7?/m0/s1. The highest BCUT2D eigenvalue weighted by atomic mass is 32.1. The first kappa shape index (κ1) is 11.0. The van der Waals surface area contributed by atoms with Crippen LogP contribution in [0.5, 0.6) is 0 Å². The Morgan fingerprint density at radius 1 is 1.47 bits per heavy atom. The fourth-order valence-corrected chi connectivity index (χ4v) is 3.66. The molecule has 3 N–H and O–H groups in total. The van der Waals surface area contributed by atoms with Gasteiger partial charge in [-0.1, -0.05) is 0 Å². The van der Waals surface area contributed by atoms with Gasteiger partial charge in [0.25, 0.3) is 0 Å². The predicted octanol–water partition coefficient (Wildman–Crippen LogP) is 0.176. The second-order valence-corrected chi connectivity index (χ2v) is 5.84. The number of nitrogens with two attached hydrogens (primary N) is 1. The highest BCUT2D eigenvalue weighted by Gasteiger charge is 2.35. The molecule has 0 saturated carbocycles. The van der Waals surface area contributed by atoms with Gasteiger partial charge in [-0.3, -0.25) is 4.79 Å². The minimum absolute atomic E-state index is 0.0726. The highest BCUT2D eigenvalue weighted by Crippen LogP contribution is 2.31. The van der Waals surface area contributed by atoms with E-state index in [4.69, 9.17) is 5.73 Å². The summed E-state index contributed by atoms with van der Waals surface area (Å²) in [6, 6.07) is 0.215. The number of aliphatic hydroxyl groups excluding tert-OH is 1. The molecule has 1 fully saturated rings. The maximum atomic E-state index is 11.7. The van der Waals surface area contributed by atoms with Crippen LogP contribution in [0.2, 0.25) is 0 Å². The fraction of sp³-hybridized carbons (Fsp3) is 0.636. The summed E-state index contributed by atoms with van der Waals surface area (Å²) in [6.45, 7) is 0.479. The molecule has 1 unspecified atom stereocenters. The molecule has 1 aromatic rings. The number of amides is 1. The first-order valence-electron chi connectivity index (χ1n) is 5.85. The van der Waals surface area contributed by atoms with Crippen molar-refractivity contribution in [3.63, 3.8) is 0 Å². The Hall–Kier alpha value is -1.14. The van der Waals surface area contributed by atoms with E-state index in [1.54, 1.807) is 0 Å². The lowest BCUT2D eigenvalue weighted by molar-refractivity contribution is -0.129. The molecule has 6 heteroatoms. The van der Waals surface area contributed by atoms with Gasteiger partial charge in [0.15, 0.2) is 5.13 Å². The van der Waals surface area contributed by atoms with E-state index in [2.05, 4.69) is 4.98 Å². The van der Waals surface area contributed by atoms with E-state index < -0.39 is 6.10 Å². The average molecular weight is 253 g/mol. The number of fused-ring (bicyclic) bond motifs is 1. The first-order valence-corrected chi connectivity index (χ1v) is 6.66. The number of likely N-dealkylation sites (tertiary alicyclic amines) is 1. The molecule has 1 aromatic heterocycles. The zero-order valence-electron chi connectivity index (χ0n) is 9.43. The molecule has 2 atom stereocenters. The molecule has 1 saturated heterocycles. The molecule has 0 spiro atoms. The predicted molar refractivity (Wildman–Crippen MR) is 64.7 cm³/mol. The average Bonchev–Trinajstić information content (AvgIpc) is 2.78. The molecule has 3 rings (SSSR count). The number of nitrogen functional groups attached to an aromatic ring is 1. The number of anilines is 1. The number of hydrogen-bond acceptors (Lipinski definition) is 5. The summed E-state index contributed by atoms with van der Waals surface area (Å²) < 4.78 is 0. The summed E-state index contributed by atoms with van der Waals surface area (Å²) in [6.07, 6.45) is 2.43. The lowest BCUT2D eigenvalue weighted by Gasteiger charge is -2.30. The number of β-amino-alcohol motifs (C(OH)–C–C–N with tert-alkyl or cyclic N) is 1. The topological polar surface area (TPSA) is 79.4 Å². The van der Waals surface area contributed by atoms with Crippen molar-refractivity contribution in [3.05, 3.63) is 10.6 Å². The lowest BCUT2D eigenvalue weighted by atomic mass is 9.96. The van der Waals surface area contributed by atoms with Crippen LogP contribution in [0.15, 0.2) is 0 Å². The summed E-state index contributed by atoms with van der Waals surface area (Å²) in [7, 11) is 0. The van der Waals surface area contributed by atoms with Crippen LogP contribution >= 0.6 is 11.3 Å². The summed E-state index contributed by atoms with van der Waals surface area (Å²) in [5, 5.41) is 10.1. The van der Waals surface area contributed by atoms with Gasteiger partial charge >= 0.3 is 0 Å². The van der Waals surface area contributed by atoms with E-state index in [1.165, 1.54) is 16.2 Å². The number of thiazole rings is 1. The van der Waals surface area contributed by atoms with Crippen LogP contribution in [-0.4, -0.2) is 39.6 Å². The number of aromatic nitrogens is 1. The number of nitrogens with zero attached hydrogens (tertiary/aromatic N) is 2. The lowest BCUT2D eigenvalue weighted by Crippen LogP contribution is -2.40. The molecule has 17 heavy (non-hydrogen) atoms. The van der Waals surface area contributed by atoms with Gasteiger partial charge in [0.05, 0.1) is 18.2 Å². The summed E-state index contributed by atoms with van der Waals surface area (Å²) >= 11 is 1.52. The molecule has 0 aromatic carbocycles. The molecule has 0 bridgehead atoms. The van der Waals surface area contributed by atoms with Crippen molar-refractivity contribution in [2.45, 2.75) is 37.8 Å². The van der Waals surface area contributed by atoms with Crippen LogP contribution in [0.25, 0.3) is 0 Å². The summed E-state index contributed by atoms with van der Waals surface area (Å²) in [5.41, 5.74) is 6.79. The van der Waals surface area contributed by atoms with Crippen LogP contribution in [0, 0.1) is 0 Å². The largest absolute Gasteiger partial charge is 0.391 e. The van der Waals surface area contributed by atoms with Crippen molar-refractivity contribution in [1.29, 1.82) is 0 Å². The minimum Gasteiger partial charge on any atom is -0.391 e. The molecule has 0 radical (unpaired) electrons. The Morgan fingerprint density at radius 2 is 2.29 bits per heavy atom. The van der Waals surface area contributed by atoms with Crippen LogP contribution in [0.3, 0.4) is 0 Å². The molecule has 1 amide bonds. The Bertz CT molecular complexity index is 460. The smallest absolute Gasteiger partial charge is 0.225 e. The molecule has 1 aliphatic heterocycles. The van der Waals surface area contributed by atoms with Crippen LogP contribution < -0.4 is 5.73 Å². The molecular weight excluding hydrogens is 238 g/mol. The number of carbonyl (C=O) groups is 1. The third-order valence-corrected chi connectivity index (χ3v) is 4.46. The van der Waals surface area contributed by atoms with Crippen LogP contribution in [-0.2, 0) is 17.6 Å². The Kier molecular flexibility index (Phi) is 2.56. The van der Waals surface area contributed by atoms with Crippen LogP contribution in [0.1, 0.15) is 23.4 Å². The molecule has 2 heterocycles. The van der Waals surface area contributed by atoms with Crippen LogP contribution in [0.4, 0.5) is 5.13 Å². The summed E-state index contributed by atoms with van der Waals surface area (Å²) in [5.74, 6) is 0.0726. The monoisotopic (exact) mass is 253 g/mol. The number of rotatable bonds is 1. The Labute approximate surface area is 103 Å². The maximum absolute atomic E-state index is 11.7. The molecule has 1 aliphatic carbocycles. The number of aliphatic hydroxyl groups is 1. The van der Waals surface area contributed by atoms with E-state index in [9.17, 15) is 9.90 Å². The zero-order valence-corrected chi connectivity index (χ0v) is 10.2. The quantitative estimate of drug-likeness (QED) is 0.748. The second kappa shape index (κ2) is 3.96. The van der Waals surface area contributed by atoms with E-state index in [-0.39, 0.29) is 18.4 Å². The van der Waals surface area contributed by atoms with Crippen molar-refractivity contribution < 1.29 is 9.90 Å². The van der Waals surface area contributed by atoms with Crippen molar-refractivity contribution in [1.82, 2.24) is 9.88 Å². The third kappa shape index (κ3) is 1.91. The molecule has 92 valence electrons. The second-order valence-electron chi connectivity index (χ2n) is 4.72. The van der Waals surface area contributed by atoms with Crippen molar-refractivity contribution in [2.75, 3.05) is 12.3 Å². The minimum atomic E-state index is -0.490. The number of hydrogen-bond donors (Lipinski definition) is 2. The van der Waals surface area contributed by atoms with E-state index in [1.807, 2.05) is 4.90 Å². The van der Waals surface area contributed by atoms with Gasteiger partial charge in [0, 0.05) is 23.9 Å². The van der Waals surface area contributed by atoms with E-state index in [0.29, 0.717) is 11.7 Å². The highest BCUT2D eigenvalue weighted by molar-refractivity contribution is 7.15. The van der Waals surface area contributed by atoms with Gasteiger partial charge in [-0.2, -0.15) is 0 Å². The SMILES string of the molecule is Nc1nc2c(s1)C[C@@H](N1CC(O)CC1=O)CC2. The van der Waals surface area contributed by atoms with Gasteiger partial charge in [0.2, 0.25) is 5.91 Å². The molecule has 5 nitrogen and oxygen atoms in total. The van der Waals surface area contributed by atoms with E-state index >= 15 is 0 Å². The maximum Gasteiger partial charge on any atom is 0.225 e. The Morgan fingerprint density at radius 3 is 3.00 bits per heavy atom. The van der Waals surface area contributed by atoms with Crippen molar-refractivity contribution in [3.8, 4) is 0 Å². The third-order valence-electron chi connectivity index (χ3n) is 3.51. The Balaban J connectivity index is 1.77. The number of aryl methyl sites for hydroxylation is 1. The van der Waals surface area contributed by atoms with Gasteiger partial charge in [-0.15, -0.1) is 11.3 Å². The van der Waals surface area contributed by atoms with Gasteiger partial charge in [-0.25, -0.2) is 4.98 Å². The fourth-order valence-electron chi connectivity index (χ4n) is 2.71. The summed E-state index contributed by atoms with van der Waals surface area (Å²) in [4.78, 5) is 19.0. The zero-order chi connectivity index (χ0) is 12.0. The van der Waals surface area contributed by atoms with Gasteiger partial charge in [0.1, 0.15) is 0 Å². The van der Waals surface area contributed by atoms with Gasteiger partial charge in [-0.05, 0) is 12.8 Å². The molecular formula is C11H15N3O2S. The van der Waals surface area contributed by atoms with Crippen molar-refractivity contribution >= 4 is 22.4 Å². The van der Waals surface area contributed by atoms with Gasteiger partial charge < -0.3 is 15.7 Å².